The Morgan fingerprint density at radius 2 is 2.06 bits per heavy atom. The Bertz CT molecular complexity index is 525. The van der Waals surface area contributed by atoms with Gasteiger partial charge in [0.15, 0.2) is 5.82 Å². The second-order valence-corrected chi connectivity index (χ2v) is 3.33. The van der Waals surface area contributed by atoms with E-state index < -0.39 is 18.2 Å². The maximum Gasteiger partial charge on any atom is 0.163 e. The van der Waals surface area contributed by atoms with E-state index in [2.05, 4.69) is 10.2 Å². The molecule has 1 aromatic heterocycles. The van der Waals surface area contributed by atoms with Gasteiger partial charge in [-0.3, -0.25) is 4.57 Å². The molecule has 1 aromatic carbocycles. The minimum absolute atomic E-state index is 0.0165. The van der Waals surface area contributed by atoms with Crippen LogP contribution >= 0.6 is 0 Å². The quantitative estimate of drug-likeness (QED) is 0.839. The van der Waals surface area contributed by atoms with Gasteiger partial charge < -0.3 is 5.11 Å². The third-order valence-corrected chi connectivity index (χ3v) is 2.25. The van der Waals surface area contributed by atoms with Crippen LogP contribution in [0.5, 0.6) is 0 Å². The third kappa shape index (κ3) is 1.67. The van der Waals surface area contributed by atoms with E-state index in [1.54, 1.807) is 0 Å². The summed E-state index contributed by atoms with van der Waals surface area (Å²) in [7, 11) is 0. The van der Waals surface area contributed by atoms with Crippen molar-refractivity contribution < 1.29 is 13.9 Å². The summed E-state index contributed by atoms with van der Waals surface area (Å²) in [6.45, 7) is 1.08. The van der Waals surface area contributed by atoms with Crippen molar-refractivity contribution in [3.05, 3.63) is 41.5 Å². The van der Waals surface area contributed by atoms with Crippen LogP contribution in [0.3, 0.4) is 0 Å². The summed E-state index contributed by atoms with van der Waals surface area (Å²) in [5, 5.41) is 16.0. The van der Waals surface area contributed by atoms with Crippen LogP contribution in [-0.2, 0) is 6.61 Å². The highest BCUT2D eigenvalue weighted by atomic mass is 19.1. The molecule has 0 saturated heterocycles. The largest absolute Gasteiger partial charge is 0.388 e. The standard InChI is InChI=1S/C10H9F2N3O/c1-6-2-8(12)9(3-7(6)11)15-5-13-14-10(15)4-16/h2-3,5,16H,4H2,1H3. The van der Waals surface area contributed by atoms with Crippen LogP contribution < -0.4 is 0 Å². The van der Waals surface area contributed by atoms with Crippen LogP contribution in [0.1, 0.15) is 11.4 Å². The fourth-order valence-corrected chi connectivity index (χ4v) is 1.39. The maximum absolute atomic E-state index is 13.6. The van der Waals surface area contributed by atoms with Crippen LogP contribution in [0, 0.1) is 18.6 Å². The minimum atomic E-state index is -0.589. The molecule has 0 atom stereocenters. The normalized spacial score (nSPS) is 10.8. The Balaban J connectivity index is 2.60. The Kier molecular flexibility index (Phi) is 2.66. The van der Waals surface area contributed by atoms with Crippen molar-refractivity contribution in [2.75, 3.05) is 0 Å². The van der Waals surface area contributed by atoms with Gasteiger partial charge in [0.1, 0.15) is 24.6 Å². The molecule has 0 unspecified atom stereocenters. The third-order valence-electron chi connectivity index (χ3n) is 2.25. The van der Waals surface area contributed by atoms with E-state index in [-0.39, 0.29) is 17.1 Å². The molecule has 0 aliphatic rings. The molecular formula is C10H9F2N3O. The SMILES string of the molecule is Cc1cc(F)c(-n2cnnc2CO)cc1F. The molecule has 0 radical (unpaired) electrons. The van der Waals surface area contributed by atoms with Gasteiger partial charge >= 0.3 is 0 Å². The Hall–Kier alpha value is -1.82. The molecule has 0 aliphatic carbocycles. The smallest absolute Gasteiger partial charge is 0.163 e. The molecule has 0 amide bonds. The lowest BCUT2D eigenvalue weighted by molar-refractivity contribution is 0.268. The summed E-state index contributed by atoms with van der Waals surface area (Å²) >= 11 is 0. The molecule has 1 N–H and O–H groups in total. The molecule has 16 heavy (non-hydrogen) atoms. The summed E-state index contributed by atoms with van der Waals surface area (Å²) < 4.78 is 28.1. The van der Waals surface area contributed by atoms with Crippen LogP contribution in [0.4, 0.5) is 8.78 Å². The molecule has 0 saturated carbocycles. The highest BCUT2D eigenvalue weighted by Crippen LogP contribution is 2.18. The summed E-state index contributed by atoms with van der Waals surface area (Å²) in [6, 6.07) is 2.14. The van der Waals surface area contributed by atoms with Crippen molar-refractivity contribution in [3.8, 4) is 5.69 Å². The lowest BCUT2D eigenvalue weighted by Gasteiger charge is -2.07. The molecule has 84 valence electrons. The number of nitrogens with zero attached hydrogens (tertiary/aromatic N) is 3. The van der Waals surface area contributed by atoms with E-state index in [1.807, 2.05) is 0 Å². The zero-order valence-electron chi connectivity index (χ0n) is 8.48. The van der Waals surface area contributed by atoms with Gasteiger partial charge in [-0.05, 0) is 18.6 Å². The number of aryl methyl sites for hydroxylation is 1. The highest BCUT2D eigenvalue weighted by Gasteiger charge is 2.12. The van der Waals surface area contributed by atoms with Gasteiger partial charge in [-0.15, -0.1) is 10.2 Å². The predicted octanol–water partition coefficient (Wildman–Crippen LogP) is 1.35. The van der Waals surface area contributed by atoms with Crippen LogP contribution in [-0.4, -0.2) is 19.9 Å². The van der Waals surface area contributed by atoms with Crippen molar-refractivity contribution in [2.45, 2.75) is 13.5 Å². The van der Waals surface area contributed by atoms with Gasteiger partial charge in [0.2, 0.25) is 0 Å². The number of halogens is 2. The van der Waals surface area contributed by atoms with Crippen LogP contribution in [0.25, 0.3) is 5.69 Å². The van der Waals surface area contributed by atoms with E-state index >= 15 is 0 Å². The first-order chi connectivity index (χ1) is 7.63. The number of aliphatic hydroxyl groups is 1. The number of rotatable bonds is 2. The second kappa shape index (κ2) is 3.97. The van der Waals surface area contributed by atoms with Crippen molar-refractivity contribution in [1.82, 2.24) is 14.8 Å². The van der Waals surface area contributed by atoms with E-state index in [0.29, 0.717) is 0 Å². The van der Waals surface area contributed by atoms with Crippen molar-refractivity contribution in [3.63, 3.8) is 0 Å². The van der Waals surface area contributed by atoms with Gasteiger partial charge in [-0.25, -0.2) is 8.78 Å². The Morgan fingerprint density at radius 3 is 2.75 bits per heavy atom. The van der Waals surface area contributed by atoms with E-state index in [0.717, 1.165) is 12.1 Å². The molecule has 6 heteroatoms. The molecule has 2 rings (SSSR count). The van der Waals surface area contributed by atoms with Gasteiger partial charge in [0.05, 0.1) is 5.69 Å². The topological polar surface area (TPSA) is 50.9 Å². The molecule has 0 spiro atoms. The summed E-state index contributed by atoms with van der Waals surface area (Å²) in [5.74, 6) is -0.954. The molecular weight excluding hydrogens is 216 g/mol. The summed E-state index contributed by atoms with van der Waals surface area (Å²) in [6.07, 6.45) is 1.22. The first-order valence-corrected chi connectivity index (χ1v) is 4.59. The van der Waals surface area contributed by atoms with Gasteiger partial charge in [-0.1, -0.05) is 0 Å². The number of benzene rings is 1. The summed E-state index contributed by atoms with van der Waals surface area (Å²) in [4.78, 5) is 0. The zero-order chi connectivity index (χ0) is 11.7. The number of aliphatic hydroxyl groups excluding tert-OH is 1. The molecule has 2 aromatic rings. The van der Waals surface area contributed by atoms with Crippen molar-refractivity contribution in [1.29, 1.82) is 0 Å². The van der Waals surface area contributed by atoms with E-state index in [4.69, 9.17) is 5.11 Å². The number of aromatic nitrogens is 3. The molecule has 0 bridgehead atoms. The Morgan fingerprint density at radius 1 is 1.31 bits per heavy atom. The molecule has 4 nitrogen and oxygen atoms in total. The lowest BCUT2D eigenvalue weighted by Crippen LogP contribution is -2.04. The first-order valence-electron chi connectivity index (χ1n) is 4.59. The minimum Gasteiger partial charge on any atom is -0.388 e. The van der Waals surface area contributed by atoms with Gasteiger partial charge in [0.25, 0.3) is 0 Å². The first kappa shape index (κ1) is 10.7. The maximum atomic E-state index is 13.6. The van der Waals surface area contributed by atoms with Gasteiger partial charge in [0, 0.05) is 6.07 Å². The number of hydrogen-bond donors (Lipinski definition) is 1. The fraction of sp³-hybridized carbons (Fsp3) is 0.200. The molecule has 0 aliphatic heterocycles. The fourth-order valence-electron chi connectivity index (χ4n) is 1.39. The van der Waals surface area contributed by atoms with E-state index in [9.17, 15) is 8.78 Å². The lowest BCUT2D eigenvalue weighted by atomic mass is 10.2. The van der Waals surface area contributed by atoms with E-state index in [1.165, 1.54) is 17.8 Å². The number of hydrogen-bond acceptors (Lipinski definition) is 3. The van der Waals surface area contributed by atoms with Crippen molar-refractivity contribution in [2.24, 2.45) is 0 Å². The average molecular weight is 225 g/mol. The van der Waals surface area contributed by atoms with Crippen LogP contribution in [0.15, 0.2) is 18.5 Å². The summed E-state index contributed by atoms with van der Waals surface area (Å²) in [5.41, 5.74) is 0.206. The zero-order valence-corrected chi connectivity index (χ0v) is 8.48. The average Bonchev–Trinajstić information content (AvgIpc) is 2.71. The van der Waals surface area contributed by atoms with Gasteiger partial charge in [-0.2, -0.15) is 0 Å². The second-order valence-electron chi connectivity index (χ2n) is 3.33. The van der Waals surface area contributed by atoms with Crippen LogP contribution in [0.2, 0.25) is 0 Å². The predicted molar refractivity (Wildman–Crippen MR) is 51.9 cm³/mol. The van der Waals surface area contributed by atoms with Crippen molar-refractivity contribution >= 4 is 0 Å². The molecule has 1 heterocycles. The Labute approximate surface area is 90.2 Å². The monoisotopic (exact) mass is 225 g/mol. The highest BCUT2D eigenvalue weighted by molar-refractivity contribution is 5.37. The molecule has 0 fully saturated rings.